The lowest BCUT2D eigenvalue weighted by atomic mass is 9.78. The molecule has 290 valence electrons. The van der Waals surface area contributed by atoms with E-state index in [0.717, 1.165) is 5.69 Å². The van der Waals surface area contributed by atoms with Gasteiger partial charge in [0, 0.05) is 37.3 Å². The molecule has 3 N–H and O–H groups in total. The molecule has 0 aliphatic carbocycles. The Morgan fingerprint density at radius 1 is 1.10 bits per heavy atom. The van der Waals surface area contributed by atoms with Crippen LogP contribution in [0.4, 0.5) is 0 Å². The van der Waals surface area contributed by atoms with E-state index in [1.807, 2.05) is 71.8 Å². The molecule has 0 radical (unpaired) electrons. The van der Waals surface area contributed by atoms with Crippen molar-refractivity contribution in [2.45, 2.75) is 147 Å². The average molecular weight is 720 g/mol. The van der Waals surface area contributed by atoms with Gasteiger partial charge in [-0.05, 0) is 91.6 Å². The molecular weight excluding hydrogens is 654 g/mol. The Morgan fingerprint density at radius 2 is 1.80 bits per heavy atom. The van der Waals surface area contributed by atoms with Gasteiger partial charge >= 0.3 is 5.97 Å². The Hall–Kier alpha value is -2.00. The van der Waals surface area contributed by atoms with Crippen molar-refractivity contribution < 1.29 is 43.8 Å². The van der Waals surface area contributed by atoms with E-state index in [0.29, 0.717) is 37.9 Å². The predicted octanol–water partition coefficient (Wildman–Crippen LogP) is 3.56. The average Bonchev–Trinajstić information content (AvgIpc) is 3.07. The zero-order valence-electron chi connectivity index (χ0n) is 32.5. The number of carbonyl (C=O) groups is 1. The highest BCUT2D eigenvalue weighted by Crippen LogP contribution is 2.39. The summed E-state index contributed by atoms with van der Waals surface area (Å²) >= 11 is 0. The largest absolute Gasteiger partial charge is 0.459 e. The zero-order chi connectivity index (χ0) is 37.8. The Balaban J connectivity index is 1.89. The number of aromatic nitrogens is 1. The van der Waals surface area contributed by atoms with Gasteiger partial charge in [-0.3, -0.25) is 14.7 Å². The van der Waals surface area contributed by atoms with Crippen molar-refractivity contribution in [2.24, 2.45) is 17.8 Å². The standard InChI is InChI=1S/C39H65N3O9/c1-12-31-39(9,46)34-24(3)19-42(20-29-15-13-14-16-40-29)25(4)18-38(8,48-22-23(2)21-47-34)35(27(6)32(43)28(7)36(45)50-31)51-37-33(44)30(41(10)11)17-26(5)49-37/h13-16,24-28,30-35,37,43-44,46H,2,12,17-22H2,1,3-11H3/t24-,25+,26+,27-,28+,30-,31+,32-,33+,34+,35+,37-,38+,39+/m0/s1. The lowest BCUT2D eigenvalue weighted by Crippen LogP contribution is -2.60. The molecule has 14 atom stereocenters. The number of carbonyl (C=O) groups excluding carboxylic acids is 1. The summed E-state index contributed by atoms with van der Waals surface area (Å²) in [5.41, 5.74) is -1.14. The highest BCUT2D eigenvalue weighted by atomic mass is 16.7. The molecular formula is C39H65N3O9. The van der Waals surface area contributed by atoms with E-state index in [1.165, 1.54) is 0 Å². The second-order valence-electron chi connectivity index (χ2n) is 16.2. The van der Waals surface area contributed by atoms with Crippen LogP contribution in [0.2, 0.25) is 0 Å². The zero-order valence-corrected chi connectivity index (χ0v) is 32.5. The topological polar surface area (TPSA) is 143 Å². The fourth-order valence-electron chi connectivity index (χ4n) is 8.41. The third-order valence-electron chi connectivity index (χ3n) is 11.4. The normalized spacial score (nSPS) is 42.7. The van der Waals surface area contributed by atoms with Crippen LogP contribution in [0.5, 0.6) is 0 Å². The third-order valence-corrected chi connectivity index (χ3v) is 11.4. The maximum atomic E-state index is 13.8. The summed E-state index contributed by atoms with van der Waals surface area (Å²) < 4.78 is 32.6. The summed E-state index contributed by atoms with van der Waals surface area (Å²) in [4.78, 5) is 22.7. The number of esters is 1. The van der Waals surface area contributed by atoms with E-state index in [2.05, 4.69) is 23.4 Å². The SMILES string of the molecule is C=C1CO[C@@H]2[C@@H](C)CN(Cc3ccccn3)[C@H](C)C[C@@](C)(OC1)[C@H](O[C@@H]1O[C@H](C)C[C@H](N(C)C)[C@H]1O)[C@@H](C)[C@H](O)[C@@H](C)C(=O)O[C@H](CC)[C@@]2(C)O. The number of nitrogens with zero attached hydrogens (tertiary/aromatic N) is 3. The van der Waals surface area contributed by atoms with Gasteiger partial charge in [0.25, 0.3) is 0 Å². The Morgan fingerprint density at radius 3 is 2.43 bits per heavy atom. The molecule has 4 fully saturated rings. The number of hydrogen-bond acceptors (Lipinski definition) is 12. The van der Waals surface area contributed by atoms with Gasteiger partial charge in [0.15, 0.2) is 6.29 Å². The van der Waals surface area contributed by atoms with Crippen LogP contribution in [-0.2, 0) is 35.0 Å². The summed E-state index contributed by atoms with van der Waals surface area (Å²) in [5, 5.41) is 35.8. The molecule has 5 heterocycles. The summed E-state index contributed by atoms with van der Waals surface area (Å²) in [6, 6.07) is 5.48. The Labute approximate surface area is 305 Å². The Bertz CT molecular complexity index is 1280. The molecule has 12 heteroatoms. The van der Waals surface area contributed by atoms with Crippen LogP contribution < -0.4 is 0 Å². The number of aliphatic hydroxyl groups excluding tert-OH is 2. The lowest BCUT2D eigenvalue weighted by Gasteiger charge is -2.49. The van der Waals surface area contributed by atoms with Crippen molar-refractivity contribution >= 4 is 5.97 Å². The Kier molecular flexibility index (Phi) is 14.3. The molecule has 51 heavy (non-hydrogen) atoms. The first-order valence-electron chi connectivity index (χ1n) is 18.7. The van der Waals surface area contributed by atoms with Crippen molar-refractivity contribution in [3.8, 4) is 0 Å². The van der Waals surface area contributed by atoms with Gasteiger partial charge in [0.1, 0.15) is 17.8 Å². The quantitative estimate of drug-likeness (QED) is 0.292. The first-order chi connectivity index (χ1) is 23.9. The van der Waals surface area contributed by atoms with E-state index in [-0.39, 0.29) is 37.3 Å². The number of likely N-dealkylation sites (N-methyl/N-ethyl adjacent to an activating group) is 1. The summed E-state index contributed by atoms with van der Waals surface area (Å²) in [5.74, 6) is -2.55. The molecule has 0 spiro atoms. The highest BCUT2D eigenvalue weighted by Gasteiger charge is 2.52. The first-order valence-corrected chi connectivity index (χ1v) is 18.7. The summed E-state index contributed by atoms with van der Waals surface area (Å²) in [7, 11) is 3.84. The maximum absolute atomic E-state index is 13.8. The molecule has 4 saturated heterocycles. The minimum atomic E-state index is -1.58. The first kappa shape index (κ1) is 41.8. The van der Waals surface area contributed by atoms with Crippen molar-refractivity contribution in [1.82, 2.24) is 14.8 Å². The number of hydrogen-bond donors (Lipinski definition) is 3. The molecule has 2 bridgehead atoms. The molecule has 0 saturated carbocycles. The van der Waals surface area contributed by atoms with Crippen LogP contribution in [0.1, 0.15) is 80.3 Å². The fraction of sp³-hybridized carbons (Fsp3) is 0.795. The smallest absolute Gasteiger partial charge is 0.311 e. The van der Waals surface area contributed by atoms with Gasteiger partial charge < -0.3 is 43.9 Å². The van der Waals surface area contributed by atoms with E-state index < -0.39 is 65.8 Å². The number of pyridine rings is 1. The van der Waals surface area contributed by atoms with Gasteiger partial charge in [-0.25, -0.2) is 0 Å². The molecule has 0 aromatic carbocycles. The summed E-state index contributed by atoms with van der Waals surface area (Å²) in [6.45, 7) is 20.6. The van der Waals surface area contributed by atoms with Crippen molar-refractivity contribution in [2.75, 3.05) is 33.9 Å². The summed E-state index contributed by atoms with van der Waals surface area (Å²) in [6.07, 6.45) is -2.82. The van der Waals surface area contributed by atoms with Crippen molar-refractivity contribution in [3.05, 3.63) is 42.2 Å². The molecule has 0 unspecified atom stereocenters. The lowest BCUT2D eigenvalue weighted by molar-refractivity contribution is -0.303. The molecule has 4 aliphatic heterocycles. The van der Waals surface area contributed by atoms with E-state index >= 15 is 0 Å². The monoisotopic (exact) mass is 719 g/mol. The van der Waals surface area contributed by atoms with Crippen LogP contribution in [0, 0.1) is 17.8 Å². The van der Waals surface area contributed by atoms with Gasteiger partial charge in [-0.1, -0.05) is 33.4 Å². The van der Waals surface area contributed by atoms with Crippen LogP contribution in [-0.4, -0.2) is 136 Å². The number of rotatable bonds is 6. The number of ether oxygens (including phenoxy) is 5. The molecule has 1 aromatic heterocycles. The third kappa shape index (κ3) is 9.76. The van der Waals surface area contributed by atoms with E-state index in [9.17, 15) is 20.1 Å². The van der Waals surface area contributed by atoms with Crippen LogP contribution in [0.3, 0.4) is 0 Å². The minimum absolute atomic E-state index is 0.105. The van der Waals surface area contributed by atoms with Crippen LogP contribution in [0.25, 0.3) is 0 Å². The molecule has 5 rings (SSSR count). The molecule has 0 amide bonds. The van der Waals surface area contributed by atoms with Crippen LogP contribution >= 0.6 is 0 Å². The van der Waals surface area contributed by atoms with E-state index in [4.69, 9.17) is 23.7 Å². The number of fused-ring (bicyclic) bond motifs is 15. The highest BCUT2D eigenvalue weighted by molar-refractivity contribution is 5.73. The second kappa shape index (κ2) is 17.4. The van der Waals surface area contributed by atoms with Crippen molar-refractivity contribution in [3.63, 3.8) is 0 Å². The number of aliphatic hydroxyl groups is 3. The van der Waals surface area contributed by atoms with Gasteiger partial charge in [-0.15, -0.1) is 0 Å². The van der Waals surface area contributed by atoms with Gasteiger partial charge in [-0.2, -0.15) is 0 Å². The van der Waals surface area contributed by atoms with E-state index in [1.54, 1.807) is 20.0 Å². The van der Waals surface area contributed by atoms with Gasteiger partial charge in [0.2, 0.25) is 0 Å². The second-order valence-corrected chi connectivity index (χ2v) is 16.2. The molecule has 1 aromatic rings. The molecule has 12 nitrogen and oxygen atoms in total. The van der Waals surface area contributed by atoms with Crippen molar-refractivity contribution in [1.29, 1.82) is 0 Å². The van der Waals surface area contributed by atoms with Gasteiger partial charge in [0.05, 0.1) is 54.8 Å². The predicted molar refractivity (Wildman–Crippen MR) is 194 cm³/mol. The van der Waals surface area contributed by atoms with Crippen LogP contribution in [0.15, 0.2) is 36.5 Å². The fourth-order valence-corrected chi connectivity index (χ4v) is 8.41. The minimum Gasteiger partial charge on any atom is -0.459 e. The molecule has 4 aliphatic rings. The maximum Gasteiger partial charge on any atom is 0.311 e.